The molecule has 2 aromatic carbocycles. The van der Waals surface area contributed by atoms with Gasteiger partial charge in [-0.2, -0.15) is 0 Å². The summed E-state index contributed by atoms with van der Waals surface area (Å²) in [5.74, 6) is -0.0163. The number of carbonyl (C=O) groups excluding carboxylic acids is 1. The summed E-state index contributed by atoms with van der Waals surface area (Å²) in [6.45, 7) is 6.34. The van der Waals surface area contributed by atoms with Gasteiger partial charge in [0.25, 0.3) is 0 Å². The fourth-order valence-electron chi connectivity index (χ4n) is 3.50. The molecule has 0 bridgehead atoms. The van der Waals surface area contributed by atoms with E-state index in [0.29, 0.717) is 0 Å². The Bertz CT molecular complexity index is 935. The van der Waals surface area contributed by atoms with E-state index >= 15 is 0 Å². The van der Waals surface area contributed by atoms with Gasteiger partial charge in [0.2, 0.25) is 0 Å². The molecule has 0 spiro atoms. The maximum Gasteiger partial charge on any atom is 0.142 e. The molecule has 0 amide bonds. The van der Waals surface area contributed by atoms with Crippen molar-refractivity contribution in [3.05, 3.63) is 83.4 Å². The number of hydrogen-bond donors (Lipinski definition) is 0. The highest BCUT2D eigenvalue weighted by atomic mass is 19.1. The van der Waals surface area contributed by atoms with Gasteiger partial charge in [0.15, 0.2) is 0 Å². The quantitative estimate of drug-likeness (QED) is 0.414. The number of nitrogens with zero attached hydrogens (tertiary/aromatic N) is 1. The summed E-state index contributed by atoms with van der Waals surface area (Å²) in [4.78, 5) is 11.0. The van der Waals surface area contributed by atoms with Gasteiger partial charge >= 0.3 is 0 Å². The molecule has 3 rings (SSSR count). The first-order valence-corrected chi connectivity index (χ1v) is 8.73. The number of aldehydes is 1. The number of carbonyl (C=O) groups is 1. The Labute approximate surface area is 153 Å². The first kappa shape index (κ1) is 17.9. The van der Waals surface area contributed by atoms with E-state index in [4.69, 9.17) is 0 Å². The van der Waals surface area contributed by atoms with Gasteiger partial charge in [-0.25, -0.2) is 4.39 Å². The van der Waals surface area contributed by atoms with Crippen LogP contribution < -0.4 is 0 Å². The van der Waals surface area contributed by atoms with Gasteiger partial charge in [-0.15, -0.1) is 0 Å². The topological polar surface area (TPSA) is 22.0 Å². The summed E-state index contributed by atoms with van der Waals surface area (Å²) in [5.41, 5.74) is 6.23. The van der Waals surface area contributed by atoms with Gasteiger partial charge in [0, 0.05) is 28.2 Å². The van der Waals surface area contributed by atoms with Crippen molar-refractivity contribution in [2.75, 3.05) is 0 Å². The fourth-order valence-corrected chi connectivity index (χ4v) is 3.50. The number of benzene rings is 2. The Kier molecular flexibility index (Phi) is 5.17. The molecule has 1 aromatic heterocycles. The summed E-state index contributed by atoms with van der Waals surface area (Å²) in [7, 11) is 0. The van der Waals surface area contributed by atoms with E-state index in [9.17, 15) is 9.18 Å². The standard InChI is InChI=1S/C23H22FNO/c1-16(2)23-21(10-7-15-26)22(18-11-13-19(24)14-12-18)17(3)25(23)20-8-5-4-6-9-20/h4-16H,1-3H3/b10-7+. The van der Waals surface area contributed by atoms with E-state index in [-0.39, 0.29) is 11.7 Å². The van der Waals surface area contributed by atoms with Crippen molar-refractivity contribution in [1.82, 2.24) is 4.57 Å². The van der Waals surface area contributed by atoms with Crippen LogP contribution in [0.2, 0.25) is 0 Å². The van der Waals surface area contributed by atoms with Crippen molar-refractivity contribution >= 4 is 12.4 Å². The molecule has 0 saturated heterocycles. The van der Waals surface area contributed by atoms with Crippen molar-refractivity contribution in [3.8, 4) is 16.8 Å². The predicted octanol–water partition coefficient (Wildman–Crippen LogP) is 5.93. The van der Waals surface area contributed by atoms with Gasteiger partial charge < -0.3 is 4.57 Å². The SMILES string of the molecule is Cc1c(-c2ccc(F)cc2)c(/C=C/C=O)c(C(C)C)n1-c1ccccc1. The Morgan fingerprint density at radius 3 is 2.23 bits per heavy atom. The lowest BCUT2D eigenvalue weighted by Gasteiger charge is -2.15. The molecule has 0 unspecified atom stereocenters. The minimum Gasteiger partial charge on any atom is -0.317 e. The largest absolute Gasteiger partial charge is 0.317 e. The molecule has 0 aliphatic carbocycles. The first-order valence-electron chi connectivity index (χ1n) is 8.73. The van der Waals surface area contributed by atoms with Crippen LogP contribution in [0.15, 0.2) is 60.7 Å². The molecular formula is C23H22FNO. The van der Waals surface area contributed by atoms with Gasteiger partial charge in [0.05, 0.1) is 0 Å². The summed E-state index contributed by atoms with van der Waals surface area (Å²) >= 11 is 0. The third-order valence-corrected chi connectivity index (χ3v) is 4.52. The second-order valence-electron chi connectivity index (χ2n) is 6.59. The minimum absolute atomic E-state index is 0.245. The molecule has 3 heteroatoms. The molecule has 3 aromatic rings. The molecule has 0 fully saturated rings. The molecular weight excluding hydrogens is 325 g/mol. The maximum atomic E-state index is 13.4. The predicted molar refractivity (Wildman–Crippen MR) is 105 cm³/mol. The maximum absolute atomic E-state index is 13.4. The van der Waals surface area contributed by atoms with E-state index in [1.807, 2.05) is 24.3 Å². The van der Waals surface area contributed by atoms with E-state index in [1.54, 1.807) is 12.1 Å². The highest BCUT2D eigenvalue weighted by Crippen LogP contribution is 2.38. The molecule has 0 saturated carbocycles. The van der Waals surface area contributed by atoms with E-state index in [2.05, 4.69) is 37.5 Å². The van der Waals surface area contributed by atoms with Gasteiger partial charge in [-0.1, -0.05) is 44.2 Å². The molecule has 0 aliphatic rings. The lowest BCUT2D eigenvalue weighted by molar-refractivity contribution is -0.104. The highest BCUT2D eigenvalue weighted by Gasteiger charge is 2.22. The van der Waals surface area contributed by atoms with E-state index < -0.39 is 0 Å². The van der Waals surface area contributed by atoms with Crippen LogP contribution in [0.25, 0.3) is 22.9 Å². The number of halogens is 1. The van der Waals surface area contributed by atoms with Crippen LogP contribution in [0, 0.1) is 12.7 Å². The lowest BCUT2D eigenvalue weighted by Crippen LogP contribution is -2.04. The summed E-state index contributed by atoms with van der Waals surface area (Å²) in [6.07, 6.45) is 4.16. The molecule has 0 atom stereocenters. The van der Waals surface area contributed by atoms with Gasteiger partial charge in [-0.3, -0.25) is 4.79 Å². The molecule has 2 nitrogen and oxygen atoms in total. The van der Waals surface area contributed by atoms with Crippen LogP contribution in [0.1, 0.15) is 36.7 Å². The Hall–Kier alpha value is -2.94. The highest BCUT2D eigenvalue weighted by molar-refractivity contribution is 5.85. The van der Waals surface area contributed by atoms with Crippen molar-refractivity contribution in [1.29, 1.82) is 0 Å². The normalized spacial score (nSPS) is 11.4. The van der Waals surface area contributed by atoms with Crippen LogP contribution in [0.3, 0.4) is 0 Å². The van der Waals surface area contributed by atoms with Crippen molar-refractivity contribution in [2.24, 2.45) is 0 Å². The zero-order valence-electron chi connectivity index (χ0n) is 15.2. The number of hydrogen-bond acceptors (Lipinski definition) is 1. The fraction of sp³-hybridized carbons (Fsp3) is 0.174. The molecule has 0 radical (unpaired) electrons. The number of allylic oxidation sites excluding steroid dienone is 1. The van der Waals surface area contributed by atoms with Crippen LogP contribution in [-0.4, -0.2) is 10.9 Å². The zero-order valence-corrected chi connectivity index (χ0v) is 15.2. The molecule has 132 valence electrons. The number of rotatable bonds is 5. The summed E-state index contributed by atoms with van der Waals surface area (Å²) in [5, 5.41) is 0. The second-order valence-corrected chi connectivity index (χ2v) is 6.59. The van der Waals surface area contributed by atoms with Crippen LogP contribution in [0.4, 0.5) is 4.39 Å². The summed E-state index contributed by atoms with van der Waals surface area (Å²) in [6, 6.07) is 16.7. The Morgan fingerprint density at radius 1 is 1.00 bits per heavy atom. The van der Waals surface area contributed by atoms with Crippen molar-refractivity contribution in [3.63, 3.8) is 0 Å². The minimum atomic E-state index is -0.261. The third-order valence-electron chi connectivity index (χ3n) is 4.52. The van der Waals surface area contributed by atoms with Crippen LogP contribution in [-0.2, 0) is 4.79 Å². The van der Waals surface area contributed by atoms with E-state index in [1.165, 1.54) is 18.2 Å². The van der Waals surface area contributed by atoms with Gasteiger partial charge in [0.1, 0.15) is 12.1 Å². The van der Waals surface area contributed by atoms with Gasteiger partial charge in [-0.05, 0) is 54.8 Å². The van der Waals surface area contributed by atoms with E-state index in [0.717, 1.165) is 40.1 Å². The summed E-state index contributed by atoms with van der Waals surface area (Å²) < 4.78 is 15.6. The third kappa shape index (κ3) is 3.25. The average Bonchev–Trinajstić information content (AvgIpc) is 2.94. The molecule has 0 N–H and O–H groups in total. The Morgan fingerprint density at radius 2 is 1.65 bits per heavy atom. The van der Waals surface area contributed by atoms with Crippen molar-refractivity contribution < 1.29 is 9.18 Å². The zero-order chi connectivity index (χ0) is 18.7. The lowest BCUT2D eigenvalue weighted by atomic mass is 9.97. The molecule has 0 aliphatic heterocycles. The van der Waals surface area contributed by atoms with Crippen LogP contribution in [0.5, 0.6) is 0 Å². The smallest absolute Gasteiger partial charge is 0.142 e. The number of para-hydroxylation sites is 1. The number of aromatic nitrogens is 1. The van der Waals surface area contributed by atoms with Crippen molar-refractivity contribution in [2.45, 2.75) is 26.7 Å². The monoisotopic (exact) mass is 347 g/mol. The average molecular weight is 347 g/mol. The Balaban J connectivity index is 2.37. The van der Waals surface area contributed by atoms with Crippen LogP contribution >= 0.6 is 0 Å². The molecule has 26 heavy (non-hydrogen) atoms. The first-order chi connectivity index (χ1) is 12.5. The second kappa shape index (κ2) is 7.52. The molecule has 1 heterocycles.